The number of anilines is 1. The number of carbonyl (C=O) groups is 1. The van der Waals surface area contributed by atoms with Gasteiger partial charge in [-0.05, 0) is 35.0 Å². The summed E-state index contributed by atoms with van der Waals surface area (Å²) in [6, 6.07) is 17.8. The first-order valence-electron chi connectivity index (χ1n) is 9.38. The number of aromatic nitrogens is 5. The number of nitrogens with one attached hydrogen (secondary N) is 1. The van der Waals surface area contributed by atoms with Gasteiger partial charge in [-0.1, -0.05) is 59.8 Å². The SMILES string of the molecule is Cc1ccc(NC(=O)Cc2nc(CSc3nnnn3Cc3ccccc3)cs2)cc1. The molecule has 152 valence electrons. The van der Waals surface area contributed by atoms with E-state index in [0.717, 1.165) is 32.7 Å². The molecule has 2 aromatic carbocycles. The summed E-state index contributed by atoms with van der Waals surface area (Å²) in [7, 11) is 0. The van der Waals surface area contributed by atoms with Crippen molar-refractivity contribution in [2.75, 3.05) is 5.32 Å². The lowest BCUT2D eigenvalue weighted by molar-refractivity contribution is -0.115. The molecule has 0 saturated carbocycles. The zero-order chi connectivity index (χ0) is 20.8. The molecule has 7 nitrogen and oxygen atoms in total. The monoisotopic (exact) mass is 436 g/mol. The van der Waals surface area contributed by atoms with Gasteiger partial charge in [-0.3, -0.25) is 4.79 Å². The molecule has 2 heterocycles. The molecule has 0 saturated heterocycles. The Morgan fingerprint density at radius 1 is 1.13 bits per heavy atom. The molecule has 0 bridgehead atoms. The largest absolute Gasteiger partial charge is 0.326 e. The van der Waals surface area contributed by atoms with E-state index in [-0.39, 0.29) is 12.3 Å². The molecular weight excluding hydrogens is 416 g/mol. The highest BCUT2D eigenvalue weighted by atomic mass is 32.2. The lowest BCUT2D eigenvalue weighted by Crippen LogP contribution is -2.14. The van der Waals surface area contributed by atoms with Crippen molar-refractivity contribution in [1.29, 1.82) is 0 Å². The van der Waals surface area contributed by atoms with Gasteiger partial charge in [-0.25, -0.2) is 9.67 Å². The van der Waals surface area contributed by atoms with Gasteiger partial charge >= 0.3 is 0 Å². The number of tetrazole rings is 1. The van der Waals surface area contributed by atoms with Crippen LogP contribution in [-0.4, -0.2) is 31.1 Å². The summed E-state index contributed by atoms with van der Waals surface area (Å²) in [6.45, 7) is 2.64. The van der Waals surface area contributed by atoms with Crippen molar-refractivity contribution in [1.82, 2.24) is 25.2 Å². The third-order valence-corrected chi connectivity index (χ3v) is 6.16. The highest BCUT2D eigenvalue weighted by molar-refractivity contribution is 7.98. The number of thioether (sulfide) groups is 1. The van der Waals surface area contributed by atoms with Crippen LogP contribution in [0.15, 0.2) is 65.1 Å². The zero-order valence-corrected chi connectivity index (χ0v) is 18.0. The van der Waals surface area contributed by atoms with E-state index in [1.165, 1.54) is 23.1 Å². The van der Waals surface area contributed by atoms with E-state index < -0.39 is 0 Å². The van der Waals surface area contributed by atoms with Crippen LogP contribution in [-0.2, 0) is 23.5 Å². The highest BCUT2D eigenvalue weighted by Gasteiger charge is 2.12. The van der Waals surface area contributed by atoms with E-state index >= 15 is 0 Å². The van der Waals surface area contributed by atoms with Crippen molar-refractivity contribution in [2.24, 2.45) is 0 Å². The molecule has 1 N–H and O–H groups in total. The molecule has 4 aromatic rings. The lowest BCUT2D eigenvalue weighted by Gasteiger charge is -2.04. The van der Waals surface area contributed by atoms with Gasteiger partial charge in [0.2, 0.25) is 11.1 Å². The molecule has 0 fully saturated rings. The second-order valence-corrected chi connectivity index (χ2v) is 8.60. The van der Waals surface area contributed by atoms with Gasteiger partial charge in [0.15, 0.2) is 0 Å². The Kier molecular flexibility index (Phi) is 6.50. The lowest BCUT2D eigenvalue weighted by atomic mass is 10.2. The first-order chi connectivity index (χ1) is 14.7. The number of benzene rings is 2. The van der Waals surface area contributed by atoms with Crippen LogP contribution in [0.2, 0.25) is 0 Å². The minimum atomic E-state index is -0.0702. The third-order valence-electron chi connectivity index (χ3n) is 4.27. The average Bonchev–Trinajstić information content (AvgIpc) is 3.38. The fraction of sp³-hybridized carbons (Fsp3) is 0.190. The molecule has 0 spiro atoms. The highest BCUT2D eigenvalue weighted by Crippen LogP contribution is 2.22. The molecular formula is C21H20N6OS2. The van der Waals surface area contributed by atoms with Gasteiger partial charge in [0.25, 0.3) is 0 Å². The predicted octanol–water partition coefficient (Wildman–Crippen LogP) is 3.96. The second kappa shape index (κ2) is 9.64. The van der Waals surface area contributed by atoms with Gasteiger partial charge in [0.05, 0.1) is 18.7 Å². The Hall–Kier alpha value is -3.04. The molecule has 30 heavy (non-hydrogen) atoms. The summed E-state index contributed by atoms with van der Waals surface area (Å²) in [5.41, 5.74) is 4.01. The van der Waals surface area contributed by atoms with Crippen LogP contribution < -0.4 is 5.32 Å². The molecule has 0 aliphatic carbocycles. The van der Waals surface area contributed by atoms with Crippen molar-refractivity contribution in [3.8, 4) is 0 Å². The van der Waals surface area contributed by atoms with Crippen LogP contribution in [0.25, 0.3) is 0 Å². The van der Waals surface area contributed by atoms with Crippen LogP contribution in [0.1, 0.15) is 21.8 Å². The Bertz CT molecular complexity index is 1110. The predicted molar refractivity (Wildman–Crippen MR) is 119 cm³/mol. The molecule has 4 rings (SSSR count). The van der Waals surface area contributed by atoms with Crippen LogP contribution in [0.4, 0.5) is 5.69 Å². The Balaban J connectivity index is 1.30. The Morgan fingerprint density at radius 2 is 1.93 bits per heavy atom. The van der Waals surface area contributed by atoms with Gasteiger partial charge in [0, 0.05) is 16.8 Å². The Morgan fingerprint density at radius 3 is 2.73 bits per heavy atom. The van der Waals surface area contributed by atoms with Crippen molar-refractivity contribution in [3.05, 3.63) is 81.8 Å². The van der Waals surface area contributed by atoms with E-state index in [9.17, 15) is 4.79 Å². The zero-order valence-electron chi connectivity index (χ0n) is 16.4. The minimum Gasteiger partial charge on any atom is -0.326 e. The van der Waals surface area contributed by atoms with E-state index in [0.29, 0.717) is 12.3 Å². The third kappa shape index (κ3) is 5.52. The molecule has 0 radical (unpaired) electrons. The second-order valence-electron chi connectivity index (χ2n) is 6.72. The van der Waals surface area contributed by atoms with Crippen LogP contribution in [0.3, 0.4) is 0 Å². The average molecular weight is 437 g/mol. The summed E-state index contributed by atoms with van der Waals surface area (Å²) >= 11 is 3.02. The van der Waals surface area contributed by atoms with Gasteiger partial charge in [-0.15, -0.1) is 16.4 Å². The number of carbonyl (C=O) groups excluding carboxylic acids is 1. The first kappa shape index (κ1) is 20.2. The summed E-state index contributed by atoms with van der Waals surface area (Å²) in [5, 5.41) is 18.4. The number of nitrogens with zero attached hydrogens (tertiary/aromatic N) is 5. The fourth-order valence-electron chi connectivity index (χ4n) is 2.77. The normalized spacial score (nSPS) is 10.8. The number of hydrogen-bond donors (Lipinski definition) is 1. The van der Waals surface area contributed by atoms with Crippen LogP contribution >= 0.6 is 23.1 Å². The number of amides is 1. The first-order valence-corrected chi connectivity index (χ1v) is 11.2. The summed E-state index contributed by atoms with van der Waals surface area (Å²) in [5.74, 6) is 0.574. The maximum absolute atomic E-state index is 12.3. The Labute approximate surface area is 182 Å². The van der Waals surface area contributed by atoms with Crippen LogP contribution in [0.5, 0.6) is 0 Å². The fourth-order valence-corrected chi connectivity index (χ4v) is 4.44. The van der Waals surface area contributed by atoms with Crippen molar-refractivity contribution >= 4 is 34.7 Å². The van der Waals surface area contributed by atoms with Gasteiger partial charge in [-0.2, -0.15) is 0 Å². The van der Waals surface area contributed by atoms with Crippen molar-refractivity contribution < 1.29 is 4.79 Å². The molecule has 0 unspecified atom stereocenters. The van der Waals surface area contributed by atoms with Crippen molar-refractivity contribution in [3.63, 3.8) is 0 Å². The quantitative estimate of drug-likeness (QED) is 0.421. The maximum Gasteiger partial charge on any atom is 0.231 e. The van der Waals surface area contributed by atoms with Gasteiger partial charge in [0.1, 0.15) is 5.01 Å². The standard InChI is InChI=1S/C21H20N6OS2/c1-15-7-9-17(10-8-15)22-19(28)11-20-23-18(13-29-20)14-30-21-24-25-26-27(21)12-16-5-3-2-4-6-16/h2-10,13H,11-12,14H2,1H3,(H,22,28). The number of hydrogen-bond acceptors (Lipinski definition) is 7. The molecule has 2 aromatic heterocycles. The van der Waals surface area contributed by atoms with Crippen LogP contribution in [0, 0.1) is 6.92 Å². The van der Waals surface area contributed by atoms with Crippen molar-refractivity contribution in [2.45, 2.75) is 30.8 Å². The van der Waals surface area contributed by atoms with E-state index in [2.05, 4.69) is 25.8 Å². The van der Waals surface area contributed by atoms with E-state index in [4.69, 9.17) is 0 Å². The smallest absolute Gasteiger partial charge is 0.231 e. The molecule has 0 aliphatic rings. The molecule has 0 aliphatic heterocycles. The molecule has 1 amide bonds. The maximum atomic E-state index is 12.3. The topological polar surface area (TPSA) is 85.6 Å². The van der Waals surface area contributed by atoms with E-state index in [1.807, 2.05) is 66.9 Å². The summed E-state index contributed by atoms with van der Waals surface area (Å²) in [6.07, 6.45) is 0.259. The minimum absolute atomic E-state index is 0.0702. The summed E-state index contributed by atoms with van der Waals surface area (Å²) < 4.78 is 1.78. The number of rotatable bonds is 8. The van der Waals surface area contributed by atoms with E-state index in [1.54, 1.807) is 4.68 Å². The molecule has 9 heteroatoms. The number of thiazole rings is 1. The summed E-state index contributed by atoms with van der Waals surface area (Å²) in [4.78, 5) is 16.8. The number of aryl methyl sites for hydroxylation is 1. The molecule has 0 atom stereocenters. The van der Waals surface area contributed by atoms with Gasteiger partial charge < -0.3 is 5.32 Å².